The highest BCUT2D eigenvalue weighted by atomic mass is 32.1. The molecule has 2 heterocycles. The van der Waals surface area contributed by atoms with Gasteiger partial charge in [-0.2, -0.15) is 0 Å². The molecular formula is C26H21FN4O2S. The molecule has 0 radical (unpaired) electrons. The molecule has 8 heteroatoms. The second-order valence-electron chi connectivity index (χ2n) is 7.33. The van der Waals surface area contributed by atoms with E-state index >= 15 is 0 Å². The molecule has 34 heavy (non-hydrogen) atoms. The number of halogens is 1. The Morgan fingerprint density at radius 1 is 1.00 bits per heavy atom. The number of benzene rings is 2. The third-order valence-electron chi connectivity index (χ3n) is 4.97. The minimum atomic E-state index is -0.521. The van der Waals surface area contributed by atoms with Crippen molar-refractivity contribution in [1.29, 1.82) is 0 Å². The summed E-state index contributed by atoms with van der Waals surface area (Å²) in [6, 6.07) is 19.0. The maximum Gasteiger partial charge on any atom is 0.244 e. The van der Waals surface area contributed by atoms with Gasteiger partial charge in [-0.3, -0.25) is 19.5 Å². The van der Waals surface area contributed by atoms with Gasteiger partial charge < -0.3 is 5.32 Å². The number of carbonyl (C=O) groups excluding carboxylic acids is 2. The van der Waals surface area contributed by atoms with Gasteiger partial charge in [-0.1, -0.05) is 42.5 Å². The normalized spacial score (nSPS) is 11.8. The van der Waals surface area contributed by atoms with E-state index in [1.54, 1.807) is 36.0 Å². The molecule has 0 fully saturated rings. The quantitative estimate of drug-likeness (QED) is 0.371. The maximum absolute atomic E-state index is 14.3. The van der Waals surface area contributed by atoms with Crippen molar-refractivity contribution in [3.05, 3.63) is 113 Å². The average Bonchev–Trinajstić information content (AvgIpc) is 3.32. The minimum absolute atomic E-state index is 0.126. The fourth-order valence-corrected chi connectivity index (χ4v) is 4.26. The number of pyridine rings is 1. The summed E-state index contributed by atoms with van der Waals surface area (Å²) in [7, 11) is 0. The predicted molar refractivity (Wildman–Crippen MR) is 131 cm³/mol. The van der Waals surface area contributed by atoms with Crippen molar-refractivity contribution in [2.75, 3.05) is 4.90 Å². The van der Waals surface area contributed by atoms with E-state index in [1.807, 2.05) is 42.5 Å². The van der Waals surface area contributed by atoms with Crippen molar-refractivity contribution in [3.63, 3.8) is 0 Å². The number of rotatable bonds is 7. The fourth-order valence-electron chi connectivity index (χ4n) is 3.41. The molecule has 4 rings (SSSR count). The average molecular weight is 473 g/mol. The SMILES string of the molecule is CC(=O)N(c1nc(/C=C/C(=O)NC(c2ccccc2)c2ccncc2)cs1)c1ccccc1F. The Bertz CT molecular complexity index is 1270. The van der Waals surface area contributed by atoms with Crippen LogP contribution in [-0.4, -0.2) is 21.8 Å². The van der Waals surface area contributed by atoms with Crippen LogP contribution in [0.1, 0.15) is 29.8 Å². The lowest BCUT2D eigenvalue weighted by molar-refractivity contribution is -0.117. The van der Waals surface area contributed by atoms with Crippen molar-refractivity contribution < 1.29 is 14.0 Å². The number of anilines is 2. The molecule has 0 spiro atoms. The second-order valence-corrected chi connectivity index (χ2v) is 8.16. The first kappa shape index (κ1) is 23.0. The van der Waals surface area contributed by atoms with Crippen LogP contribution in [0, 0.1) is 5.82 Å². The maximum atomic E-state index is 14.3. The molecule has 0 aliphatic rings. The number of hydrogen-bond donors (Lipinski definition) is 1. The molecule has 0 aliphatic heterocycles. The van der Waals surface area contributed by atoms with Gasteiger partial charge in [-0.25, -0.2) is 9.37 Å². The van der Waals surface area contributed by atoms with Gasteiger partial charge in [0.15, 0.2) is 5.13 Å². The van der Waals surface area contributed by atoms with Crippen LogP contribution in [0.25, 0.3) is 6.08 Å². The van der Waals surface area contributed by atoms with Crippen LogP contribution in [0.5, 0.6) is 0 Å². The molecule has 0 saturated heterocycles. The Morgan fingerprint density at radius 2 is 1.68 bits per heavy atom. The molecule has 4 aromatic rings. The lowest BCUT2D eigenvalue weighted by atomic mass is 9.99. The molecule has 1 unspecified atom stereocenters. The molecule has 2 aromatic heterocycles. The zero-order chi connectivity index (χ0) is 23.9. The molecule has 1 N–H and O–H groups in total. The molecule has 2 aromatic carbocycles. The van der Waals surface area contributed by atoms with Crippen molar-refractivity contribution in [1.82, 2.24) is 15.3 Å². The molecule has 1 atom stereocenters. The first-order valence-corrected chi connectivity index (χ1v) is 11.3. The lowest BCUT2D eigenvalue weighted by Gasteiger charge is -2.18. The summed E-state index contributed by atoms with van der Waals surface area (Å²) in [5.74, 6) is -1.19. The van der Waals surface area contributed by atoms with Gasteiger partial charge in [-0.05, 0) is 41.5 Å². The zero-order valence-electron chi connectivity index (χ0n) is 18.3. The summed E-state index contributed by atoms with van der Waals surface area (Å²) in [6.07, 6.45) is 6.31. The number of nitrogens with zero attached hydrogens (tertiary/aromatic N) is 3. The first-order valence-electron chi connectivity index (χ1n) is 10.5. The Balaban J connectivity index is 1.52. The van der Waals surface area contributed by atoms with E-state index in [-0.39, 0.29) is 23.5 Å². The smallest absolute Gasteiger partial charge is 0.244 e. The van der Waals surface area contributed by atoms with Gasteiger partial charge in [0, 0.05) is 30.8 Å². The number of thiazole rings is 1. The molecule has 0 aliphatic carbocycles. The molecule has 170 valence electrons. The molecule has 0 saturated carbocycles. The van der Waals surface area contributed by atoms with Gasteiger partial charge in [0.2, 0.25) is 11.8 Å². The lowest BCUT2D eigenvalue weighted by Crippen LogP contribution is -2.27. The van der Waals surface area contributed by atoms with Gasteiger partial charge in [0.05, 0.1) is 17.4 Å². The number of para-hydroxylation sites is 1. The summed E-state index contributed by atoms with van der Waals surface area (Å²) < 4.78 is 14.3. The first-order chi connectivity index (χ1) is 16.5. The summed E-state index contributed by atoms with van der Waals surface area (Å²) >= 11 is 1.19. The number of aromatic nitrogens is 2. The van der Waals surface area contributed by atoms with Crippen LogP contribution < -0.4 is 10.2 Å². The van der Waals surface area contributed by atoms with E-state index in [2.05, 4.69) is 15.3 Å². The van der Waals surface area contributed by atoms with Gasteiger partial charge in [-0.15, -0.1) is 11.3 Å². The molecule has 2 amide bonds. The summed E-state index contributed by atoms with van der Waals surface area (Å²) in [4.78, 5) is 34.6. The van der Waals surface area contributed by atoms with Crippen molar-refractivity contribution in [3.8, 4) is 0 Å². The summed E-state index contributed by atoms with van der Waals surface area (Å²) in [5.41, 5.74) is 2.45. The van der Waals surface area contributed by atoms with Crippen molar-refractivity contribution >= 4 is 40.0 Å². The van der Waals surface area contributed by atoms with E-state index in [0.29, 0.717) is 10.8 Å². The number of nitrogens with one attached hydrogen (secondary N) is 1. The van der Waals surface area contributed by atoms with Crippen molar-refractivity contribution in [2.45, 2.75) is 13.0 Å². The van der Waals surface area contributed by atoms with Crippen molar-refractivity contribution in [2.24, 2.45) is 0 Å². The molecular weight excluding hydrogens is 451 g/mol. The largest absolute Gasteiger partial charge is 0.342 e. The van der Waals surface area contributed by atoms with Crippen LogP contribution in [-0.2, 0) is 9.59 Å². The van der Waals surface area contributed by atoms with Crippen LogP contribution in [0.4, 0.5) is 15.2 Å². The highest BCUT2D eigenvalue weighted by Crippen LogP contribution is 2.31. The molecule has 6 nitrogen and oxygen atoms in total. The number of carbonyl (C=O) groups is 2. The zero-order valence-corrected chi connectivity index (χ0v) is 19.1. The van der Waals surface area contributed by atoms with E-state index in [0.717, 1.165) is 11.1 Å². The summed E-state index contributed by atoms with van der Waals surface area (Å²) in [6.45, 7) is 1.35. The number of amides is 2. The van der Waals surface area contributed by atoms with Crippen LogP contribution in [0.3, 0.4) is 0 Å². The highest BCUT2D eigenvalue weighted by Gasteiger charge is 2.21. The van der Waals surface area contributed by atoms with Gasteiger partial charge in [0.1, 0.15) is 5.82 Å². The minimum Gasteiger partial charge on any atom is -0.342 e. The number of hydrogen-bond acceptors (Lipinski definition) is 5. The second kappa shape index (κ2) is 10.6. The Morgan fingerprint density at radius 3 is 2.38 bits per heavy atom. The monoisotopic (exact) mass is 472 g/mol. The fraction of sp³-hybridized carbons (Fsp3) is 0.0769. The van der Waals surface area contributed by atoms with Gasteiger partial charge >= 0.3 is 0 Å². The van der Waals surface area contributed by atoms with Crippen LogP contribution in [0.2, 0.25) is 0 Å². The standard InChI is InChI=1S/C26H21FN4O2S/c1-18(32)31(23-10-6-5-9-22(23)27)26-29-21(17-34-26)11-12-24(33)30-25(19-7-3-2-4-8-19)20-13-15-28-16-14-20/h2-17,25H,1H3,(H,30,33)/b12-11+. The Kier molecular flexibility index (Phi) is 7.19. The van der Waals surface area contributed by atoms with Crippen LogP contribution >= 0.6 is 11.3 Å². The van der Waals surface area contributed by atoms with E-state index in [9.17, 15) is 14.0 Å². The third-order valence-corrected chi connectivity index (χ3v) is 5.82. The van der Waals surface area contributed by atoms with E-state index < -0.39 is 5.82 Å². The van der Waals surface area contributed by atoms with E-state index in [1.165, 1.54) is 41.4 Å². The summed E-state index contributed by atoms with van der Waals surface area (Å²) in [5, 5.41) is 5.03. The van der Waals surface area contributed by atoms with Crippen LogP contribution in [0.15, 0.2) is 90.6 Å². The Labute approximate surface area is 200 Å². The van der Waals surface area contributed by atoms with Gasteiger partial charge in [0.25, 0.3) is 0 Å². The highest BCUT2D eigenvalue weighted by molar-refractivity contribution is 7.14. The molecule has 0 bridgehead atoms. The Hall–Kier alpha value is -4.17. The van der Waals surface area contributed by atoms with E-state index in [4.69, 9.17) is 0 Å². The topological polar surface area (TPSA) is 75.2 Å². The predicted octanol–water partition coefficient (Wildman–Crippen LogP) is 5.28. The third kappa shape index (κ3) is 5.41.